The highest BCUT2D eigenvalue weighted by Crippen LogP contribution is 2.19. The summed E-state index contributed by atoms with van der Waals surface area (Å²) < 4.78 is 0. The Morgan fingerprint density at radius 1 is 1.58 bits per heavy atom. The van der Waals surface area contributed by atoms with E-state index in [0.717, 1.165) is 5.56 Å². The predicted octanol–water partition coefficient (Wildman–Crippen LogP) is 2.09. The molecule has 0 saturated heterocycles. The lowest BCUT2D eigenvalue weighted by Crippen LogP contribution is -2.15. The van der Waals surface area contributed by atoms with E-state index in [-0.39, 0.29) is 12.3 Å². The van der Waals surface area contributed by atoms with E-state index in [1.807, 2.05) is 13.0 Å². The maximum Gasteiger partial charge on any atom is 0.230 e. The maximum absolute atomic E-state index is 11.9. The van der Waals surface area contributed by atoms with Crippen LogP contribution in [0.3, 0.4) is 0 Å². The monoisotopic (exact) mass is 272 g/mol. The van der Waals surface area contributed by atoms with Crippen LogP contribution >= 0.6 is 11.3 Å². The molecule has 3 N–H and O–H groups in total. The fraction of sp³-hybridized carbons (Fsp3) is 0.154. The van der Waals surface area contributed by atoms with Crippen molar-refractivity contribution in [1.82, 2.24) is 4.98 Å². The minimum atomic E-state index is -0.215. The summed E-state index contributed by atoms with van der Waals surface area (Å²) >= 11 is 1.30. The van der Waals surface area contributed by atoms with Gasteiger partial charge in [0.15, 0.2) is 5.13 Å². The van der Waals surface area contributed by atoms with Crippen molar-refractivity contribution in [2.45, 2.75) is 13.3 Å². The van der Waals surface area contributed by atoms with Crippen LogP contribution < -0.4 is 11.1 Å². The first-order valence-corrected chi connectivity index (χ1v) is 6.47. The molecule has 0 aliphatic rings. The van der Waals surface area contributed by atoms with Crippen LogP contribution in [0.2, 0.25) is 0 Å². The number of hydrogen-bond donors (Lipinski definition) is 2. The van der Waals surface area contributed by atoms with Crippen LogP contribution in [0.25, 0.3) is 0 Å². The summed E-state index contributed by atoms with van der Waals surface area (Å²) in [5.74, 6) is -0.215. The van der Waals surface area contributed by atoms with Crippen LogP contribution in [0.4, 0.5) is 10.8 Å². The molecular weight excluding hydrogens is 260 g/mol. The summed E-state index contributed by atoms with van der Waals surface area (Å²) in [6.07, 6.45) is 0.145. The zero-order valence-electron chi connectivity index (χ0n) is 10.3. The van der Waals surface area contributed by atoms with Gasteiger partial charge in [0.05, 0.1) is 23.4 Å². The molecular formula is C13H12N4OS. The van der Waals surface area contributed by atoms with Crippen LogP contribution in [0.15, 0.2) is 23.6 Å². The van der Waals surface area contributed by atoms with Gasteiger partial charge in [0.2, 0.25) is 5.91 Å². The lowest BCUT2D eigenvalue weighted by atomic mass is 10.1. The number of hydrogen-bond acceptors (Lipinski definition) is 5. The van der Waals surface area contributed by atoms with Gasteiger partial charge in [-0.15, -0.1) is 11.3 Å². The molecule has 0 fully saturated rings. The lowest BCUT2D eigenvalue weighted by molar-refractivity contribution is -0.115. The Hall–Kier alpha value is -2.39. The molecule has 1 heterocycles. The molecule has 1 aromatic heterocycles. The Labute approximate surface area is 114 Å². The lowest BCUT2D eigenvalue weighted by Gasteiger charge is -2.07. The van der Waals surface area contributed by atoms with Crippen molar-refractivity contribution >= 4 is 28.1 Å². The minimum absolute atomic E-state index is 0.145. The van der Waals surface area contributed by atoms with Crippen molar-refractivity contribution in [1.29, 1.82) is 5.26 Å². The Balaban J connectivity index is 2.11. The molecule has 1 amide bonds. The van der Waals surface area contributed by atoms with Crippen LogP contribution in [0.1, 0.15) is 16.8 Å². The molecule has 0 bridgehead atoms. The molecule has 0 spiro atoms. The molecule has 0 unspecified atom stereocenters. The largest absolute Gasteiger partial charge is 0.375 e. The molecule has 96 valence electrons. The van der Waals surface area contributed by atoms with Gasteiger partial charge < -0.3 is 11.1 Å². The van der Waals surface area contributed by atoms with Gasteiger partial charge in [0.25, 0.3) is 0 Å². The summed E-state index contributed by atoms with van der Waals surface area (Å²) in [6, 6.07) is 7.42. The van der Waals surface area contributed by atoms with Gasteiger partial charge in [-0.3, -0.25) is 4.79 Å². The molecule has 1 aromatic carbocycles. The van der Waals surface area contributed by atoms with Crippen molar-refractivity contribution in [3.8, 4) is 6.07 Å². The standard InChI is InChI=1S/C13H12N4OS/c1-8-3-2-4-11(10(8)6-14)17-12(18)5-9-7-19-13(15)16-9/h2-4,7H,5H2,1H3,(H2,15,16)(H,17,18). The van der Waals surface area contributed by atoms with Gasteiger partial charge in [0.1, 0.15) is 6.07 Å². The first-order valence-electron chi connectivity index (χ1n) is 5.59. The Morgan fingerprint density at radius 2 is 2.37 bits per heavy atom. The van der Waals surface area contributed by atoms with E-state index in [9.17, 15) is 4.79 Å². The number of nitrogens with two attached hydrogens (primary N) is 1. The maximum atomic E-state index is 11.9. The van der Waals surface area contributed by atoms with Crippen molar-refractivity contribution in [2.24, 2.45) is 0 Å². The van der Waals surface area contributed by atoms with Gasteiger partial charge in [-0.05, 0) is 18.6 Å². The minimum Gasteiger partial charge on any atom is -0.375 e. The molecule has 2 rings (SSSR count). The van der Waals surface area contributed by atoms with E-state index in [0.29, 0.717) is 22.1 Å². The number of aryl methyl sites for hydroxylation is 1. The zero-order chi connectivity index (χ0) is 13.8. The van der Waals surface area contributed by atoms with E-state index in [1.54, 1.807) is 17.5 Å². The molecule has 0 aliphatic carbocycles. The number of amides is 1. The van der Waals surface area contributed by atoms with E-state index < -0.39 is 0 Å². The third kappa shape index (κ3) is 3.09. The predicted molar refractivity (Wildman–Crippen MR) is 74.8 cm³/mol. The normalized spacial score (nSPS) is 9.89. The number of carbonyl (C=O) groups is 1. The van der Waals surface area contributed by atoms with Crippen LogP contribution in [0, 0.1) is 18.3 Å². The number of nitriles is 1. The highest BCUT2D eigenvalue weighted by atomic mass is 32.1. The number of nitrogens with one attached hydrogen (secondary N) is 1. The second-order valence-electron chi connectivity index (χ2n) is 4.01. The second-order valence-corrected chi connectivity index (χ2v) is 4.90. The number of benzene rings is 1. The van der Waals surface area contributed by atoms with Gasteiger partial charge in [-0.2, -0.15) is 5.26 Å². The molecule has 0 aliphatic heterocycles. The number of carbonyl (C=O) groups excluding carboxylic acids is 1. The molecule has 0 saturated carbocycles. The molecule has 0 atom stereocenters. The van der Waals surface area contributed by atoms with Crippen molar-refractivity contribution in [2.75, 3.05) is 11.1 Å². The first kappa shape index (κ1) is 13.1. The fourth-order valence-corrected chi connectivity index (χ4v) is 2.25. The highest BCUT2D eigenvalue weighted by molar-refractivity contribution is 7.13. The molecule has 2 aromatic rings. The van der Waals surface area contributed by atoms with Crippen molar-refractivity contribution in [3.05, 3.63) is 40.4 Å². The molecule has 5 nitrogen and oxygen atoms in total. The smallest absolute Gasteiger partial charge is 0.230 e. The fourth-order valence-electron chi connectivity index (χ4n) is 1.68. The second kappa shape index (κ2) is 5.50. The first-order chi connectivity index (χ1) is 9.10. The van der Waals surface area contributed by atoms with E-state index in [2.05, 4.69) is 16.4 Å². The van der Waals surface area contributed by atoms with Crippen molar-refractivity contribution in [3.63, 3.8) is 0 Å². The van der Waals surface area contributed by atoms with E-state index in [4.69, 9.17) is 11.0 Å². The van der Waals surface area contributed by atoms with E-state index in [1.165, 1.54) is 11.3 Å². The highest BCUT2D eigenvalue weighted by Gasteiger charge is 2.10. The number of thiazole rings is 1. The Kier molecular flexibility index (Phi) is 3.78. The summed E-state index contributed by atoms with van der Waals surface area (Å²) in [5, 5.41) is 14.0. The molecule has 6 heteroatoms. The summed E-state index contributed by atoms with van der Waals surface area (Å²) in [4.78, 5) is 15.9. The topological polar surface area (TPSA) is 91.8 Å². The quantitative estimate of drug-likeness (QED) is 0.894. The summed E-state index contributed by atoms with van der Waals surface area (Å²) in [7, 11) is 0. The van der Waals surface area contributed by atoms with Crippen LogP contribution in [0.5, 0.6) is 0 Å². The van der Waals surface area contributed by atoms with Gasteiger partial charge in [-0.25, -0.2) is 4.98 Å². The number of nitrogens with zero attached hydrogens (tertiary/aromatic N) is 2. The number of aromatic nitrogens is 1. The van der Waals surface area contributed by atoms with Gasteiger partial charge >= 0.3 is 0 Å². The van der Waals surface area contributed by atoms with Crippen molar-refractivity contribution < 1.29 is 4.79 Å². The number of rotatable bonds is 3. The molecule has 19 heavy (non-hydrogen) atoms. The third-order valence-electron chi connectivity index (χ3n) is 2.57. The average Bonchev–Trinajstić information content (AvgIpc) is 2.75. The van der Waals surface area contributed by atoms with Gasteiger partial charge in [0, 0.05) is 5.38 Å². The number of nitrogen functional groups attached to an aromatic ring is 1. The summed E-state index contributed by atoms with van der Waals surface area (Å²) in [6.45, 7) is 1.83. The SMILES string of the molecule is Cc1cccc(NC(=O)Cc2csc(N)n2)c1C#N. The Morgan fingerprint density at radius 3 is 3.00 bits per heavy atom. The average molecular weight is 272 g/mol. The van der Waals surface area contributed by atoms with Crippen LogP contribution in [-0.4, -0.2) is 10.9 Å². The zero-order valence-corrected chi connectivity index (χ0v) is 11.1. The Bertz CT molecular complexity index is 657. The van der Waals surface area contributed by atoms with Gasteiger partial charge in [-0.1, -0.05) is 12.1 Å². The third-order valence-corrected chi connectivity index (χ3v) is 3.29. The van der Waals surface area contributed by atoms with Crippen LogP contribution in [-0.2, 0) is 11.2 Å². The molecule has 0 radical (unpaired) electrons. The number of anilines is 2. The van der Waals surface area contributed by atoms with E-state index >= 15 is 0 Å². The summed E-state index contributed by atoms with van der Waals surface area (Å²) in [5.41, 5.74) is 7.97.